The van der Waals surface area contributed by atoms with E-state index < -0.39 is 0 Å². The monoisotopic (exact) mass is 412 g/mol. The molecule has 0 amide bonds. The van der Waals surface area contributed by atoms with Gasteiger partial charge in [-0.2, -0.15) is 5.26 Å². The van der Waals surface area contributed by atoms with Crippen LogP contribution in [0, 0.1) is 11.3 Å². The second kappa shape index (κ2) is 7.05. The molecule has 0 spiro atoms. The summed E-state index contributed by atoms with van der Waals surface area (Å²) in [6.07, 6.45) is 1.69. The van der Waals surface area contributed by atoms with E-state index in [9.17, 15) is 5.26 Å². The maximum absolute atomic E-state index is 9.21. The molecule has 0 saturated carbocycles. The number of benzene rings is 4. The Morgan fingerprint density at radius 3 is 2.45 bits per heavy atom. The Balaban J connectivity index is 1.54. The van der Waals surface area contributed by atoms with Crippen molar-refractivity contribution in [1.82, 2.24) is 4.98 Å². The van der Waals surface area contributed by atoms with Crippen molar-refractivity contribution in [2.75, 3.05) is 0 Å². The molecule has 0 N–H and O–H groups in total. The normalized spacial score (nSPS) is 11.2. The Kier molecular flexibility index (Phi) is 4.06. The lowest BCUT2D eigenvalue weighted by atomic mass is 9.98. The van der Waals surface area contributed by atoms with Crippen molar-refractivity contribution in [2.24, 2.45) is 0 Å². The van der Waals surface area contributed by atoms with Gasteiger partial charge in [0.15, 0.2) is 0 Å². The van der Waals surface area contributed by atoms with E-state index in [2.05, 4.69) is 83.8 Å². The van der Waals surface area contributed by atoms with E-state index in [1.54, 1.807) is 12.3 Å². The molecule has 0 atom stereocenters. The lowest BCUT2D eigenvalue weighted by Crippen LogP contribution is -1.86. The molecular weight excluding hydrogens is 396 g/mol. The topological polar surface area (TPSA) is 36.7 Å². The molecule has 2 heterocycles. The van der Waals surface area contributed by atoms with E-state index in [0.717, 1.165) is 16.8 Å². The molecule has 0 aliphatic heterocycles. The Bertz CT molecular complexity index is 1650. The summed E-state index contributed by atoms with van der Waals surface area (Å²) in [5.74, 6) is 0. The predicted octanol–water partition coefficient (Wildman–Crippen LogP) is 7.81. The number of aromatic nitrogens is 1. The number of fused-ring (bicyclic) bond motifs is 5. The second-order valence-electron chi connectivity index (χ2n) is 7.60. The number of thiophene rings is 1. The highest BCUT2D eigenvalue weighted by Crippen LogP contribution is 2.40. The SMILES string of the molecule is N#Cc1ccnc(-c2cccc(-c3ccc4sc5ccc6ccccc6c5c4c3)c2)c1. The van der Waals surface area contributed by atoms with Crippen LogP contribution in [0.1, 0.15) is 5.56 Å². The summed E-state index contributed by atoms with van der Waals surface area (Å²) >= 11 is 1.84. The number of pyridine rings is 1. The van der Waals surface area contributed by atoms with Crippen LogP contribution in [0.25, 0.3) is 53.3 Å². The number of nitriles is 1. The first kappa shape index (κ1) is 17.8. The van der Waals surface area contributed by atoms with Crippen LogP contribution in [0.15, 0.2) is 97.2 Å². The maximum atomic E-state index is 9.21. The number of hydrogen-bond acceptors (Lipinski definition) is 3. The van der Waals surface area contributed by atoms with Gasteiger partial charge in [-0.15, -0.1) is 11.3 Å². The van der Waals surface area contributed by atoms with Crippen LogP contribution < -0.4 is 0 Å². The highest BCUT2D eigenvalue weighted by Gasteiger charge is 2.11. The highest BCUT2D eigenvalue weighted by molar-refractivity contribution is 7.26. The zero-order chi connectivity index (χ0) is 20.8. The van der Waals surface area contributed by atoms with E-state index in [1.807, 2.05) is 23.5 Å². The van der Waals surface area contributed by atoms with Crippen molar-refractivity contribution in [3.8, 4) is 28.5 Å². The minimum absolute atomic E-state index is 0.619. The number of hydrogen-bond donors (Lipinski definition) is 0. The van der Waals surface area contributed by atoms with Gasteiger partial charge in [-0.3, -0.25) is 4.98 Å². The molecule has 6 rings (SSSR count). The molecule has 3 heteroatoms. The summed E-state index contributed by atoms with van der Waals surface area (Å²) in [6, 6.07) is 33.9. The molecule has 0 fully saturated rings. The Morgan fingerprint density at radius 1 is 0.677 bits per heavy atom. The summed E-state index contributed by atoms with van der Waals surface area (Å²) in [6.45, 7) is 0. The van der Waals surface area contributed by atoms with Gasteiger partial charge in [-0.25, -0.2) is 0 Å². The fourth-order valence-corrected chi connectivity index (χ4v) is 5.34. The molecule has 0 saturated heterocycles. The summed E-state index contributed by atoms with van der Waals surface area (Å²) in [7, 11) is 0. The van der Waals surface area contributed by atoms with Gasteiger partial charge in [0.1, 0.15) is 0 Å². The van der Waals surface area contributed by atoms with E-state index in [4.69, 9.17) is 0 Å². The Morgan fingerprint density at radius 2 is 1.52 bits per heavy atom. The van der Waals surface area contributed by atoms with Gasteiger partial charge in [0.25, 0.3) is 0 Å². The average Bonchev–Trinajstić information content (AvgIpc) is 3.22. The van der Waals surface area contributed by atoms with Crippen molar-refractivity contribution in [3.05, 3.63) is 103 Å². The Hall–Kier alpha value is -4.00. The number of rotatable bonds is 2. The third kappa shape index (κ3) is 2.97. The maximum Gasteiger partial charge on any atom is 0.0992 e. The first-order valence-corrected chi connectivity index (χ1v) is 10.9. The molecule has 31 heavy (non-hydrogen) atoms. The van der Waals surface area contributed by atoms with E-state index in [0.29, 0.717) is 5.56 Å². The summed E-state index contributed by atoms with van der Waals surface area (Å²) in [4.78, 5) is 4.46. The van der Waals surface area contributed by atoms with Gasteiger partial charge in [0.05, 0.1) is 17.3 Å². The third-order valence-electron chi connectivity index (χ3n) is 5.74. The van der Waals surface area contributed by atoms with Crippen LogP contribution in [-0.2, 0) is 0 Å². The molecule has 2 aromatic heterocycles. The average molecular weight is 413 g/mol. The van der Waals surface area contributed by atoms with Crippen molar-refractivity contribution >= 4 is 42.3 Å². The minimum atomic E-state index is 0.619. The molecule has 144 valence electrons. The van der Waals surface area contributed by atoms with Gasteiger partial charge < -0.3 is 0 Å². The Labute approximate surface area is 183 Å². The van der Waals surface area contributed by atoms with Gasteiger partial charge in [0.2, 0.25) is 0 Å². The van der Waals surface area contributed by atoms with Crippen molar-refractivity contribution in [2.45, 2.75) is 0 Å². The van der Waals surface area contributed by atoms with Crippen LogP contribution in [0.3, 0.4) is 0 Å². The van der Waals surface area contributed by atoms with Crippen LogP contribution >= 0.6 is 11.3 Å². The van der Waals surface area contributed by atoms with E-state index in [-0.39, 0.29) is 0 Å². The van der Waals surface area contributed by atoms with Gasteiger partial charge >= 0.3 is 0 Å². The third-order valence-corrected chi connectivity index (χ3v) is 6.88. The standard InChI is InChI=1S/C28H16N2S/c29-17-18-12-13-30-25(14-18)22-6-3-5-20(15-22)21-9-10-26-24(16-21)28-23-7-2-1-4-19(23)8-11-27(28)31-26/h1-16H. The van der Waals surface area contributed by atoms with Crippen molar-refractivity contribution in [3.63, 3.8) is 0 Å². The zero-order valence-corrected chi connectivity index (χ0v) is 17.4. The molecule has 0 radical (unpaired) electrons. The first-order chi connectivity index (χ1) is 15.3. The van der Waals surface area contributed by atoms with Crippen LogP contribution in [0.2, 0.25) is 0 Å². The highest BCUT2D eigenvalue weighted by atomic mass is 32.1. The molecular formula is C28H16N2S. The molecule has 0 aliphatic carbocycles. The fourth-order valence-electron chi connectivity index (χ4n) is 4.24. The van der Waals surface area contributed by atoms with Crippen LogP contribution in [0.5, 0.6) is 0 Å². The van der Waals surface area contributed by atoms with Gasteiger partial charge in [0, 0.05) is 31.9 Å². The van der Waals surface area contributed by atoms with E-state index >= 15 is 0 Å². The lowest BCUT2D eigenvalue weighted by Gasteiger charge is -2.07. The second-order valence-corrected chi connectivity index (χ2v) is 8.68. The molecule has 6 aromatic rings. The number of nitrogens with zero attached hydrogens (tertiary/aromatic N) is 2. The van der Waals surface area contributed by atoms with Gasteiger partial charge in [-0.05, 0) is 58.3 Å². The fraction of sp³-hybridized carbons (Fsp3) is 0. The van der Waals surface area contributed by atoms with Gasteiger partial charge in [-0.1, -0.05) is 54.6 Å². The minimum Gasteiger partial charge on any atom is -0.256 e. The quantitative estimate of drug-likeness (QED) is 0.291. The van der Waals surface area contributed by atoms with Crippen molar-refractivity contribution < 1.29 is 0 Å². The summed E-state index contributed by atoms with van der Waals surface area (Å²) in [5.41, 5.74) is 4.76. The first-order valence-electron chi connectivity index (χ1n) is 10.1. The molecule has 4 aromatic carbocycles. The molecule has 0 unspecified atom stereocenters. The largest absolute Gasteiger partial charge is 0.256 e. The molecule has 2 nitrogen and oxygen atoms in total. The summed E-state index contributed by atoms with van der Waals surface area (Å²) in [5, 5.41) is 14.4. The molecule has 0 bridgehead atoms. The van der Waals surface area contributed by atoms with Crippen LogP contribution in [0.4, 0.5) is 0 Å². The zero-order valence-electron chi connectivity index (χ0n) is 16.5. The van der Waals surface area contributed by atoms with E-state index in [1.165, 1.54) is 36.5 Å². The van der Waals surface area contributed by atoms with Crippen molar-refractivity contribution in [1.29, 1.82) is 5.26 Å². The van der Waals surface area contributed by atoms with Crippen LogP contribution in [-0.4, -0.2) is 4.98 Å². The summed E-state index contributed by atoms with van der Waals surface area (Å²) < 4.78 is 2.62. The predicted molar refractivity (Wildman–Crippen MR) is 130 cm³/mol. The smallest absolute Gasteiger partial charge is 0.0992 e. The molecule has 0 aliphatic rings. The lowest BCUT2D eigenvalue weighted by molar-refractivity contribution is 1.31.